The predicted octanol–water partition coefficient (Wildman–Crippen LogP) is 2.69. The van der Waals surface area contributed by atoms with E-state index in [2.05, 4.69) is 0 Å². The fraction of sp³-hybridized carbons (Fsp3) is 0.400. The van der Waals surface area contributed by atoms with E-state index in [1.54, 1.807) is 19.1 Å². The summed E-state index contributed by atoms with van der Waals surface area (Å²) < 4.78 is 27.9. The van der Waals surface area contributed by atoms with Crippen molar-refractivity contribution in [1.29, 1.82) is 0 Å². The standard InChI is InChI=1S/C15H20O4S/c1-5-19-15(16)14(10-11(2)3)12-6-8-13(9-7-12)20(4,17)18/h6-11H,5H2,1-4H3. The highest BCUT2D eigenvalue weighted by Gasteiger charge is 2.15. The molecule has 0 saturated carbocycles. The first kappa shape index (κ1) is 16.4. The molecule has 0 unspecified atom stereocenters. The first-order chi connectivity index (χ1) is 9.25. The van der Waals surface area contributed by atoms with Crippen molar-refractivity contribution in [2.75, 3.05) is 12.9 Å². The molecule has 5 heteroatoms. The molecule has 1 rings (SSSR count). The molecule has 4 nitrogen and oxygen atoms in total. The molecule has 0 fully saturated rings. The van der Waals surface area contributed by atoms with E-state index in [0.717, 1.165) is 6.26 Å². The molecule has 0 aromatic heterocycles. The molecule has 0 aliphatic heterocycles. The van der Waals surface area contributed by atoms with E-state index in [-0.39, 0.29) is 10.8 Å². The van der Waals surface area contributed by atoms with Crippen molar-refractivity contribution in [3.63, 3.8) is 0 Å². The molecule has 0 bridgehead atoms. The van der Waals surface area contributed by atoms with E-state index in [9.17, 15) is 13.2 Å². The van der Waals surface area contributed by atoms with Gasteiger partial charge in [-0.1, -0.05) is 32.1 Å². The number of hydrogen-bond acceptors (Lipinski definition) is 4. The van der Waals surface area contributed by atoms with Gasteiger partial charge in [-0.2, -0.15) is 0 Å². The summed E-state index contributed by atoms with van der Waals surface area (Å²) in [6, 6.07) is 6.25. The van der Waals surface area contributed by atoms with Crippen LogP contribution in [-0.4, -0.2) is 27.2 Å². The molecule has 110 valence electrons. The molecule has 20 heavy (non-hydrogen) atoms. The Morgan fingerprint density at radius 3 is 2.20 bits per heavy atom. The summed E-state index contributed by atoms with van der Waals surface area (Å²) in [5.41, 5.74) is 1.12. The topological polar surface area (TPSA) is 60.4 Å². The number of sulfone groups is 1. The highest BCUT2D eigenvalue weighted by molar-refractivity contribution is 7.90. The average molecular weight is 296 g/mol. The van der Waals surface area contributed by atoms with Crippen LogP contribution in [0.25, 0.3) is 5.57 Å². The zero-order chi connectivity index (χ0) is 15.3. The Balaban J connectivity index is 3.19. The number of ether oxygens (including phenoxy) is 1. The third kappa shape index (κ3) is 4.49. The van der Waals surface area contributed by atoms with Gasteiger partial charge in [0, 0.05) is 6.26 Å². The Hall–Kier alpha value is -1.62. The molecule has 0 spiro atoms. The fourth-order valence-corrected chi connectivity index (χ4v) is 2.34. The molecule has 0 N–H and O–H groups in total. The van der Waals surface area contributed by atoms with Crippen LogP contribution in [0.15, 0.2) is 35.2 Å². The third-order valence-electron chi connectivity index (χ3n) is 2.59. The summed E-state index contributed by atoms with van der Waals surface area (Å²) in [4.78, 5) is 12.2. The first-order valence-corrected chi connectivity index (χ1v) is 8.34. The van der Waals surface area contributed by atoms with Gasteiger partial charge in [0.2, 0.25) is 0 Å². The zero-order valence-electron chi connectivity index (χ0n) is 12.2. The van der Waals surface area contributed by atoms with Crippen molar-refractivity contribution in [2.45, 2.75) is 25.7 Å². The van der Waals surface area contributed by atoms with Crippen molar-refractivity contribution in [3.8, 4) is 0 Å². The molecule has 0 aliphatic carbocycles. The normalized spacial score (nSPS) is 12.6. The van der Waals surface area contributed by atoms with Gasteiger partial charge in [-0.3, -0.25) is 0 Å². The number of allylic oxidation sites excluding steroid dienone is 1. The minimum atomic E-state index is -3.23. The van der Waals surface area contributed by atoms with Crippen LogP contribution in [0, 0.1) is 5.92 Å². The van der Waals surface area contributed by atoms with Gasteiger partial charge < -0.3 is 4.74 Å². The molecular weight excluding hydrogens is 276 g/mol. The van der Waals surface area contributed by atoms with Crippen molar-refractivity contribution >= 4 is 21.4 Å². The highest BCUT2D eigenvalue weighted by atomic mass is 32.2. The van der Waals surface area contributed by atoms with Gasteiger partial charge in [-0.15, -0.1) is 0 Å². The van der Waals surface area contributed by atoms with Gasteiger partial charge in [-0.05, 0) is 30.5 Å². The van der Waals surface area contributed by atoms with Crippen molar-refractivity contribution in [1.82, 2.24) is 0 Å². The lowest BCUT2D eigenvalue weighted by Crippen LogP contribution is -2.08. The quantitative estimate of drug-likeness (QED) is 0.619. The number of hydrogen-bond donors (Lipinski definition) is 0. The second kappa shape index (κ2) is 6.70. The zero-order valence-corrected chi connectivity index (χ0v) is 13.0. The van der Waals surface area contributed by atoms with E-state index in [1.165, 1.54) is 12.1 Å². The van der Waals surface area contributed by atoms with E-state index in [1.807, 2.05) is 19.9 Å². The van der Waals surface area contributed by atoms with Crippen LogP contribution in [0.3, 0.4) is 0 Å². The van der Waals surface area contributed by atoms with E-state index in [0.29, 0.717) is 17.7 Å². The van der Waals surface area contributed by atoms with Gasteiger partial charge in [-0.25, -0.2) is 13.2 Å². The number of benzene rings is 1. The molecule has 0 amide bonds. The Morgan fingerprint density at radius 1 is 1.25 bits per heavy atom. The van der Waals surface area contributed by atoms with E-state index < -0.39 is 15.8 Å². The maximum Gasteiger partial charge on any atom is 0.338 e. The molecule has 1 aromatic carbocycles. The van der Waals surface area contributed by atoms with Crippen LogP contribution in [0.4, 0.5) is 0 Å². The lowest BCUT2D eigenvalue weighted by atomic mass is 10.0. The highest BCUT2D eigenvalue weighted by Crippen LogP contribution is 2.20. The molecule has 1 aromatic rings. The minimum Gasteiger partial charge on any atom is -0.462 e. The maximum atomic E-state index is 12.0. The summed E-state index contributed by atoms with van der Waals surface area (Å²) >= 11 is 0. The van der Waals surface area contributed by atoms with Crippen LogP contribution >= 0.6 is 0 Å². The summed E-state index contributed by atoms with van der Waals surface area (Å²) in [6.45, 7) is 5.97. The Kier molecular flexibility index (Phi) is 5.51. The van der Waals surface area contributed by atoms with Gasteiger partial charge in [0.15, 0.2) is 9.84 Å². The maximum absolute atomic E-state index is 12.0. The molecule has 0 saturated heterocycles. The van der Waals surface area contributed by atoms with Crippen LogP contribution in [-0.2, 0) is 19.4 Å². The summed E-state index contributed by atoms with van der Waals surface area (Å²) in [5, 5.41) is 0. The lowest BCUT2D eigenvalue weighted by molar-refractivity contribution is -0.136. The molecule has 0 heterocycles. The summed E-state index contributed by atoms with van der Waals surface area (Å²) in [6.07, 6.45) is 2.96. The van der Waals surface area contributed by atoms with Gasteiger partial charge in [0.1, 0.15) is 0 Å². The van der Waals surface area contributed by atoms with Gasteiger partial charge in [0.25, 0.3) is 0 Å². The number of carbonyl (C=O) groups excluding carboxylic acids is 1. The largest absolute Gasteiger partial charge is 0.462 e. The van der Waals surface area contributed by atoms with Crippen molar-refractivity contribution in [3.05, 3.63) is 35.9 Å². The second-order valence-electron chi connectivity index (χ2n) is 4.84. The molecular formula is C15H20O4S. The van der Waals surface area contributed by atoms with E-state index >= 15 is 0 Å². The monoisotopic (exact) mass is 296 g/mol. The van der Waals surface area contributed by atoms with Crippen LogP contribution in [0.5, 0.6) is 0 Å². The molecule has 0 aliphatic rings. The van der Waals surface area contributed by atoms with Crippen LogP contribution in [0.2, 0.25) is 0 Å². The summed E-state index contributed by atoms with van der Waals surface area (Å²) in [5.74, 6) is -0.211. The number of carbonyl (C=O) groups is 1. The number of rotatable bonds is 5. The third-order valence-corrected chi connectivity index (χ3v) is 3.72. The second-order valence-corrected chi connectivity index (χ2v) is 6.86. The van der Waals surface area contributed by atoms with E-state index in [4.69, 9.17) is 4.74 Å². The van der Waals surface area contributed by atoms with Gasteiger partial charge in [0.05, 0.1) is 17.1 Å². The Morgan fingerprint density at radius 2 is 1.80 bits per heavy atom. The average Bonchev–Trinajstić information content (AvgIpc) is 2.35. The Bertz CT molecular complexity index is 595. The first-order valence-electron chi connectivity index (χ1n) is 6.45. The smallest absolute Gasteiger partial charge is 0.338 e. The lowest BCUT2D eigenvalue weighted by Gasteiger charge is -2.09. The molecule has 0 radical (unpaired) electrons. The SMILES string of the molecule is CCOC(=O)C(=CC(C)C)c1ccc(S(C)(=O)=O)cc1. The minimum absolute atomic E-state index is 0.184. The van der Waals surface area contributed by atoms with Crippen LogP contribution in [0.1, 0.15) is 26.3 Å². The van der Waals surface area contributed by atoms with Crippen LogP contribution < -0.4 is 0 Å². The fourth-order valence-electron chi connectivity index (χ4n) is 1.71. The Labute approximate surface area is 120 Å². The predicted molar refractivity (Wildman–Crippen MR) is 79.0 cm³/mol. The number of esters is 1. The van der Waals surface area contributed by atoms with Crippen molar-refractivity contribution < 1.29 is 17.9 Å². The van der Waals surface area contributed by atoms with Crippen molar-refractivity contribution in [2.24, 2.45) is 5.92 Å². The molecule has 0 atom stereocenters. The van der Waals surface area contributed by atoms with Gasteiger partial charge >= 0.3 is 5.97 Å². The summed E-state index contributed by atoms with van der Waals surface area (Å²) in [7, 11) is -3.23.